The minimum Gasteiger partial charge on any atom is -0.321 e. The number of halogens is 1. The van der Waals surface area contributed by atoms with Crippen LogP contribution in [0, 0.1) is 0 Å². The van der Waals surface area contributed by atoms with Gasteiger partial charge in [-0.15, -0.1) is 16.4 Å². The first-order valence-corrected chi connectivity index (χ1v) is 9.19. The Labute approximate surface area is 154 Å². The molecule has 1 N–H and O–H groups in total. The molecule has 0 unspecified atom stereocenters. The van der Waals surface area contributed by atoms with E-state index in [-0.39, 0.29) is 5.91 Å². The first-order chi connectivity index (χ1) is 11.6. The van der Waals surface area contributed by atoms with Gasteiger partial charge in [0.1, 0.15) is 5.01 Å². The Balaban J connectivity index is 1.78. The van der Waals surface area contributed by atoms with Gasteiger partial charge >= 0.3 is 0 Å². The molecule has 1 amide bonds. The molecule has 0 saturated carbocycles. The fourth-order valence-corrected chi connectivity index (χ4v) is 3.42. The number of tetrazole rings is 1. The SMILES string of the molecule is Cn1nnnc1Sc1ccc(Br)cc1NC(=O)/C=C/c1nccs1. The number of nitrogens with zero attached hydrogens (tertiary/aromatic N) is 5. The van der Waals surface area contributed by atoms with Crippen molar-refractivity contribution in [2.75, 3.05) is 5.32 Å². The van der Waals surface area contributed by atoms with Gasteiger partial charge in [0.2, 0.25) is 11.1 Å². The Morgan fingerprint density at radius 1 is 1.46 bits per heavy atom. The third-order valence-corrected chi connectivity index (χ3v) is 5.15. The van der Waals surface area contributed by atoms with Crippen molar-refractivity contribution in [3.8, 4) is 0 Å². The van der Waals surface area contributed by atoms with Crippen LogP contribution in [0.5, 0.6) is 0 Å². The molecule has 1 aromatic carbocycles. The monoisotopic (exact) mass is 422 g/mol. The minimum absolute atomic E-state index is 0.235. The number of aryl methyl sites for hydroxylation is 1. The Morgan fingerprint density at radius 3 is 3.04 bits per heavy atom. The molecule has 24 heavy (non-hydrogen) atoms. The van der Waals surface area contributed by atoms with E-state index in [0.717, 1.165) is 14.4 Å². The first-order valence-electron chi connectivity index (χ1n) is 6.70. The number of hydrogen-bond acceptors (Lipinski definition) is 7. The molecule has 0 atom stereocenters. The van der Waals surface area contributed by atoms with Crippen LogP contribution in [0.4, 0.5) is 5.69 Å². The zero-order chi connectivity index (χ0) is 16.9. The van der Waals surface area contributed by atoms with Crippen molar-refractivity contribution in [1.29, 1.82) is 0 Å². The summed E-state index contributed by atoms with van der Waals surface area (Å²) < 4.78 is 2.43. The summed E-state index contributed by atoms with van der Waals surface area (Å²) in [5.74, 6) is -0.235. The summed E-state index contributed by atoms with van der Waals surface area (Å²) in [6.07, 6.45) is 4.83. The summed E-state index contributed by atoms with van der Waals surface area (Å²) in [7, 11) is 1.76. The summed E-state index contributed by atoms with van der Waals surface area (Å²) in [5.41, 5.74) is 0.672. The lowest BCUT2D eigenvalue weighted by Gasteiger charge is -2.09. The standard InChI is InChI=1S/C14H11BrN6OS2/c1-21-14(18-19-20-21)24-11-3-2-9(15)8-10(11)17-12(22)4-5-13-16-6-7-23-13/h2-8H,1H3,(H,17,22)/b5-4+. The van der Waals surface area contributed by atoms with Crippen LogP contribution in [0.2, 0.25) is 0 Å². The second kappa shape index (κ2) is 7.69. The summed E-state index contributed by atoms with van der Waals surface area (Å²) >= 11 is 6.25. The average Bonchev–Trinajstić information content (AvgIpc) is 3.20. The van der Waals surface area contributed by atoms with Crippen LogP contribution in [0.1, 0.15) is 5.01 Å². The molecule has 0 aliphatic rings. The second-order valence-corrected chi connectivity index (χ2v) is 7.37. The molecule has 0 fully saturated rings. The van der Waals surface area contributed by atoms with E-state index in [1.807, 2.05) is 23.6 Å². The quantitative estimate of drug-likeness (QED) is 0.635. The van der Waals surface area contributed by atoms with Crippen LogP contribution >= 0.6 is 39.0 Å². The van der Waals surface area contributed by atoms with Crippen LogP contribution < -0.4 is 5.32 Å². The van der Waals surface area contributed by atoms with Crippen molar-refractivity contribution in [2.24, 2.45) is 7.05 Å². The molecule has 7 nitrogen and oxygen atoms in total. The van der Waals surface area contributed by atoms with Crippen LogP contribution in [0.15, 0.2) is 50.4 Å². The lowest BCUT2D eigenvalue weighted by molar-refractivity contribution is -0.111. The lowest BCUT2D eigenvalue weighted by Crippen LogP contribution is -2.08. The van der Waals surface area contributed by atoms with Gasteiger partial charge in [-0.2, -0.15) is 0 Å². The number of benzene rings is 1. The molecule has 122 valence electrons. The number of hydrogen-bond donors (Lipinski definition) is 1. The number of nitrogens with one attached hydrogen (secondary N) is 1. The van der Waals surface area contributed by atoms with E-state index in [0.29, 0.717) is 10.8 Å². The van der Waals surface area contributed by atoms with E-state index < -0.39 is 0 Å². The maximum Gasteiger partial charge on any atom is 0.248 e. The molecule has 0 aliphatic carbocycles. The summed E-state index contributed by atoms with van der Waals surface area (Å²) in [4.78, 5) is 17.1. The molecular formula is C14H11BrN6OS2. The van der Waals surface area contributed by atoms with Crippen LogP contribution in [-0.4, -0.2) is 31.1 Å². The molecule has 0 aliphatic heterocycles. The van der Waals surface area contributed by atoms with Crippen molar-refractivity contribution in [3.63, 3.8) is 0 Å². The third-order valence-electron chi connectivity index (χ3n) is 2.81. The van der Waals surface area contributed by atoms with Crippen molar-refractivity contribution in [3.05, 3.63) is 45.3 Å². The Morgan fingerprint density at radius 2 is 2.33 bits per heavy atom. The van der Waals surface area contributed by atoms with Gasteiger partial charge in [-0.25, -0.2) is 9.67 Å². The van der Waals surface area contributed by atoms with Gasteiger partial charge in [0.25, 0.3) is 0 Å². The predicted octanol–water partition coefficient (Wildman–Crippen LogP) is 3.23. The molecule has 0 spiro atoms. The first kappa shape index (κ1) is 16.8. The molecule has 0 saturated heterocycles. The van der Waals surface area contributed by atoms with Gasteiger partial charge in [-0.1, -0.05) is 15.9 Å². The number of rotatable bonds is 5. The summed E-state index contributed by atoms with van der Waals surface area (Å²) in [5, 5.41) is 17.5. The van der Waals surface area contributed by atoms with Crippen molar-refractivity contribution < 1.29 is 4.79 Å². The Bertz CT molecular complexity index is 877. The number of thiazole rings is 1. The molecular weight excluding hydrogens is 412 g/mol. The van der Waals surface area contributed by atoms with Gasteiger partial charge in [0, 0.05) is 34.1 Å². The topological polar surface area (TPSA) is 85.6 Å². The maximum atomic E-state index is 12.1. The molecule has 2 heterocycles. The predicted molar refractivity (Wildman–Crippen MR) is 96.8 cm³/mol. The van der Waals surface area contributed by atoms with E-state index >= 15 is 0 Å². The highest BCUT2D eigenvalue weighted by atomic mass is 79.9. The molecule has 3 aromatic rings. The molecule has 0 radical (unpaired) electrons. The van der Waals surface area contributed by atoms with Crippen LogP contribution in [-0.2, 0) is 11.8 Å². The van der Waals surface area contributed by atoms with E-state index in [1.54, 1.807) is 24.0 Å². The second-order valence-electron chi connectivity index (χ2n) is 4.52. The lowest BCUT2D eigenvalue weighted by atomic mass is 10.3. The van der Waals surface area contributed by atoms with Crippen LogP contribution in [0.25, 0.3) is 6.08 Å². The maximum absolute atomic E-state index is 12.1. The number of anilines is 1. The van der Waals surface area contributed by atoms with E-state index in [2.05, 4.69) is 41.8 Å². The Kier molecular flexibility index (Phi) is 5.38. The van der Waals surface area contributed by atoms with Crippen LogP contribution in [0.3, 0.4) is 0 Å². The van der Waals surface area contributed by atoms with Gasteiger partial charge in [-0.05, 0) is 46.5 Å². The largest absolute Gasteiger partial charge is 0.321 e. The van der Waals surface area contributed by atoms with Gasteiger partial charge in [0.15, 0.2) is 0 Å². The van der Waals surface area contributed by atoms with Crippen molar-refractivity contribution in [1.82, 2.24) is 25.2 Å². The summed E-state index contributed by atoms with van der Waals surface area (Å²) in [6, 6.07) is 5.62. The number of amides is 1. The number of aromatic nitrogens is 5. The summed E-state index contributed by atoms with van der Waals surface area (Å²) in [6.45, 7) is 0. The highest BCUT2D eigenvalue weighted by Crippen LogP contribution is 2.33. The van der Waals surface area contributed by atoms with Gasteiger partial charge in [0.05, 0.1) is 5.69 Å². The number of carbonyl (C=O) groups is 1. The smallest absolute Gasteiger partial charge is 0.248 e. The highest BCUT2D eigenvalue weighted by Gasteiger charge is 2.11. The molecule has 3 rings (SSSR count). The van der Waals surface area contributed by atoms with Crippen molar-refractivity contribution >= 4 is 56.7 Å². The fourth-order valence-electron chi connectivity index (χ4n) is 1.73. The molecule has 0 bridgehead atoms. The third kappa shape index (κ3) is 4.28. The van der Waals surface area contributed by atoms with E-state index in [9.17, 15) is 4.79 Å². The fraction of sp³-hybridized carbons (Fsp3) is 0.0714. The van der Waals surface area contributed by atoms with Crippen molar-refractivity contribution in [2.45, 2.75) is 10.1 Å². The van der Waals surface area contributed by atoms with Gasteiger partial charge < -0.3 is 5.32 Å². The molecule has 10 heteroatoms. The van der Waals surface area contributed by atoms with Gasteiger partial charge in [-0.3, -0.25) is 4.79 Å². The average molecular weight is 423 g/mol. The van der Waals surface area contributed by atoms with E-state index in [4.69, 9.17) is 0 Å². The normalized spacial score (nSPS) is 11.1. The zero-order valence-corrected chi connectivity index (χ0v) is 15.6. The number of carbonyl (C=O) groups excluding carboxylic acids is 1. The molecule has 2 aromatic heterocycles. The van der Waals surface area contributed by atoms with E-state index in [1.165, 1.54) is 29.2 Å². The zero-order valence-electron chi connectivity index (χ0n) is 12.4. The Hall–Kier alpha value is -2.04. The highest BCUT2D eigenvalue weighted by molar-refractivity contribution is 9.10. The minimum atomic E-state index is -0.235.